The lowest BCUT2D eigenvalue weighted by Gasteiger charge is -2.07. The van der Waals surface area contributed by atoms with Crippen molar-refractivity contribution in [2.75, 3.05) is 13.2 Å². The molecule has 144 valence electrons. The minimum Gasteiger partial charge on any atom is -0.462 e. The topological polar surface area (TPSA) is 52.6 Å². The summed E-state index contributed by atoms with van der Waals surface area (Å²) < 4.78 is 62.1. The number of ether oxygens (including phenoxy) is 2. The van der Waals surface area contributed by atoms with E-state index in [-0.39, 0.29) is 24.3 Å². The Kier molecular flexibility index (Phi) is 7.34. The van der Waals surface area contributed by atoms with E-state index in [1.807, 2.05) is 0 Å². The van der Waals surface area contributed by atoms with Crippen LogP contribution >= 0.6 is 0 Å². The fourth-order valence-corrected chi connectivity index (χ4v) is 2.18. The van der Waals surface area contributed by atoms with Crippen LogP contribution in [0.1, 0.15) is 40.0 Å². The van der Waals surface area contributed by atoms with E-state index in [1.165, 1.54) is 0 Å². The summed E-state index contributed by atoms with van der Waals surface area (Å²) >= 11 is 0. The summed E-state index contributed by atoms with van der Waals surface area (Å²) in [6.07, 6.45) is 1.38. The molecule has 0 heterocycles. The standard InChI is InChI=1S/C19H16F4O4/c20-12-4-6-14(16(22)10-12)18(24)26-8-2-1-3-9-27-19(25)15-7-5-13(21)11-17(15)23/h4-7,10-11H,1-3,8-9H2. The van der Waals surface area contributed by atoms with E-state index >= 15 is 0 Å². The van der Waals surface area contributed by atoms with Gasteiger partial charge in [-0.15, -0.1) is 0 Å². The van der Waals surface area contributed by atoms with Crippen molar-refractivity contribution in [1.29, 1.82) is 0 Å². The van der Waals surface area contributed by atoms with Crippen molar-refractivity contribution < 1.29 is 36.6 Å². The van der Waals surface area contributed by atoms with Crippen molar-refractivity contribution in [3.8, 4) is 0 Å². The first-order valence-electron chi connectivity index (χ1n) is 8.13. The highest BCUT2D eigenvalue weighted by atomic mass is 19.1. The normalized spacial score (nSPS) is 10.5. The molecule has 0 N–H and O–H groups in total. The van der Waals surface area contributed by atoms with Crippen molar-refractivity contribution >= 4 is 11.9 Å². The third-order valence-electron chi connectivity index (χ3n) is 3.56. The van der Waals surface area contributed by atoms with Gasteiger partial charge in [0.1, 0.15) is 23.3 Å². The third-order valence-corrected chi connectivity index (χ3v) is 3.56. The maximum Gasteiger partial charge on any atom is 0.341 e. The van der Waals surface area contributed by atoms with Crippen LogP contribution in [0.4, 0.5) is 17.6 Å². The molecule has 0 amide bonds. The number of rotatable bonds is 8. The second-order valence-corrected chi connectivity index (χ2v) is 5.58. The van der Waals surface area contributed by atoms with E-state index < -0.39 is 35.2 Å². The maximum absolute atomic E-state index is 13.4. The molecular formula is C19H16F4O4. The molecule has 0 aliphatic carbocycles. The molecule has 0 spiro atoms. The summed E-state index contributed by atoms with van der Waals surface area (Å²) in [6, 6.07) is 5.10. The first kappa shape index (κ1) is 20.4. The van der Waals surface area contributed by atoms with E-state index in [2.05, 4.69) is 0 Å². The van der Waals surface area contributed by atoms with Crippen LogP contribution in [0.5, 0.6) is 0 Å². The molecule has 0 bridgehead atoms. The van der Waals surface area contributed by atoms with Gasteiger partial charge in [-0.25, -0.2) is 27.2 Å². The van der Waals surface area contributed by atoms with Gasteiger partial charge in [0.15, 0.2) is 0 Å². The Balaban J connectivity index is 1.63. The van der Waals surface area contributed by atoms with Gasteiger partial charge in [-0.1, -0.05) is 0 Å². The molecule has 0 saturated carbocycles. The summed E-state index contributed by atoms with van der Waals surface area (Å²) in [6.45, 7) is 0.0202. The molecule has 0 atom stereocenters. The largest absolute Gasteiger partial charge is 0.462 e. The summed E-state index contributed by atoms with van der Waals surface area (Å²) in [7, 11) is 0. The first-order chi connectivity index (χ1) is 12.9. The Morgan fingerprint density at radius 1 is 0.667 bits per heavy atom. The Morgan fingerprint density at radius 2 is 1.07 bits per heavy atom. The molecule has 0 fully saturated rings. The van der Waals surface area contributed by atoms with Crippen LogP contribution in [0.15, 0.2) is 36.4 Å². The van der Waals surface area contributed by atoms with E-state index in [0.717, 1.165) is 24.3 Å². The minimum absolute atomic E-state index is 0.0101. The molecule has 8 heteroatoms. The van der Waals surface area contributed by atoms with Gasteiger partial charge >= 0.3 is 11.9 Å². The quantitative estimate of drug-likeness (QED) is 0.384. The molecule has 0 aromatic heterocycles. The number of carbonyl (C=O) groups is 2. The van der Waals surface area contributed by atoms with Crippen LogP contribution in [0.2, 0.25) is 0 Å². The second-order valence-electron chi connectivity index (χ2n) is 5.58. The summed E-state index contributed by atoms with van der Waals surface area (Å²) in [5.74, 6) is -5.38. The fourth-order valence-electron chi connectivity index (χ4n) is 2.18. The molecule has 0 saturated heterocycles. The zero-order chi connectivity index (χ0) is 19.8. The zero-order valence-electron chi connectivity index (χ0n) is 14.1. The third kappa shape index (κ3) is 6.09. The van der Waals surface area contributed by atoms with Crippen LogP contribution in [0.3, 0.4) is 0 Å². The summed E-state index contributed by atoms with van der Waals surface area (Å²) in [5.41, 5.74) is -0.710. The van der Waals surface area contributed by atoms with Gasteiger partial charge < -0.3 is 9.47 Å². The highest BCUT2D eigenvalue weighted by Crippen LogP contribution is 2.12. The van der Waals surface area contributed by atoms with Gasteiger partial charge in [-0.2, -0.15) is 0 Å². The Bertz CT molecular complexity index is 756. The van der Waals surface area contributed by atoms with Gasteiger partial charge in [0.2, 0.25) is 0 Å². The summed E-state index contributed by atoms with van der Waals surface area (Å²) in [4.78, 5) is 23.3. The van der Waals surface area contributed by atoms with E-state index in [0.29, 0.717) is 31.4 Å². The van der Waals surface area contributed by atoms with Crippen LogP contribution in [0.25, 0.3) is 0 Å². The number of esters is 2. The lowest BCUT2D eigenvalue weighted by atomic mass is 10.2. The molecule has 4 nitrogen and oxygen atoms in total. The molecule has 27 heavy (non-hydrogen) atoms. The van der Waals surface area contributed by atoms with Gasteiger partial charge in [-0.3, -0.25) is 0 Å². The van der Waals surface area contributed by atoms with Crippen molar-refractivity contribution in [3.63, 3.8) is 0 Å². The van der Waals surface area contributed by atoms with Crippen molar-refractivity contribution in [3.05, 3.63) is 70.8 Å². The fraction of sp³-hybridized carbons (Fsp3) is 0.263. The number of unbranched alkanes of at least 4 members (excludes halogenated alkanes) is 2. The van der Waals surface area contributed by atoms with E-state index in [4.69, 9.17) is 9.47 Å². The number of halogens is 4. The molecule has 2 aromatic rings. The van der Waals surface area contributed by atoms with Crippen LogP contribution in [-0.4, -0.2) is 25.2 Å². The molecular weight excluding hydrogens is 368 g/mol. The van der Waals surface area contributed by atoms with Crippen molar-refractivity contribution in [1.82, 2.24) is 0 Å². The highest BCUT2D eigenvalue weighted by Gasteiger charge is 2.15. The average Bonchev–Trinajstić information content (AvgIpc) is 2.60. The van der Waals surface area contributed by atoms with Gasteiger partial charge in [-0.05, 0) is 43.5 Å². The number of hydrogen-bond donors (Lipinski definition) is 0. The predicted octanol–water partition coefficient (Wildman–Crippen LogP) is 4.43. The molecule has 0 aliphatic heterocycles. The van der Waals surface area contributed by atoms with E-state index in [1.54, 1.807) is 0 Å². The SMILES string of the molecule is O=C(OCCCCCOC(=O)c1ccc(F)cc1F)c1ccc(F)cc1F. The number of carbonyl (C=O) groups excluding carboxylic acids is 2. The Labute approximate surface area is 152 Å². The van der Waals surface area contributed by atoms with Crippen LogP contribution in [-0.2, 0) is 9.47 Å². The summed E-state index contributed by atoms with van der Waals surface area (Å²) in [5, 5.41) is 0. The highest BCUT2D eigenvalue weighted by molar-refractivity contribution is 5.90. The predicted molar refractivity (Wildman–Crippen MR) is 87.1 cm³/mol. The molecule has 2 rings (SSSR count). The van der Waals surface area contributed by atoms with Crippen molar-refractivity contribution in [2.45, 2.75) is 19.3 Å². The van der Waals surface area contributed by atoms with Gasteiger partial charge in [0, 0.05) is 12.1 Å². The van der Waals surface area contributed by atoms with Gasteiger partial charge in [0.05, 0.1) is 24.3 Å². The molecule has 0 aliphatic rings. The number of benzene rings is 2. The average molecular weight is 384 g/mol. The van der Waals surface area contributed by atoms with Crippen LogP contribution < -0.4 is 0 Å². The lowest BCUT2D eigenvalue weighted by molar-refractivity contribution is 0.0473. The van der Waals surface area contributed by atoms with Gasteiger partial charge in [0.25, 0.3) is 0 Å². The van der Waals surface area contributed by atoms with Crippen molar-refractivity contribution in [2.24, 2.45) is 0 Å². The zero-order valence-corrected chi connectivity index (χ0v) is 14.1. The molecule has 2 aromatic carbocycles. The van der Waals surface area contributed by atoms with Crippen LogP contribution in [0, 0.1) is 23.3 Å². The second kappa shape index (κ2) is 9.70. The Morgan fingerprint density at radius 3 is 1.44 bits per heavy atom. The number of hydrogen-bond acceptors (Lipinski definition) is 4. The first-order valence-corrected chi connectivity index (χ1v) is 8.13. The minimum atomic E-state index is -1.00. The molecule has 0 radical (unpaired) electrons. The monoisotopic (exact) mass is 384 g/mol. The molecule has 0 unspecified atom stereocenters. The Hall–Kier alpha value is -2.90. The van der Waals surface area contributed by atoms with E-state index in [9.17, 15) is 27.2 Å². The maximum atomic E-state index is 13.4. The smallest absolute Gasteiger partial charge is 0.341 e. The lowest BCUT2D eigenvalue weighted by Crippen LogP contribution is -2.10.